The van der Waals surface area contributed by atoms with Gasteiger partial charge in [0.05, 0.1) is 25.4 Å². The van der Waals surface area contributed by atoms with E-state index in [1.807, 2.05) is 0 Å². The minimum Gasteiger partial charge on any atom is -0.394 e. The Balaban J connectivity index is 1.52. The summed E-state index contributed by atoms with van der Waals surface area (Å²) in [7, 11) is 0. The van der Waals surface area contributed by atoms with Gasteiger partial charge in [-0.25, -0.2) is 0 Å². The van der Waals surface area contributed by atoms with Crippen molar-refractivity contribution in [3.05, 3.63) is 0 Å². The summed E-state index contributed by atoms with van der Waals surface area (Å²) in [4.78, 5) is 36.6. The lowest BCUT2D eigenvalue weighted by molar-refractivity contribution is -0.301. The number of unbranched alkanes of at least 4 members (excludes halogenated alkanes) is 3. The molecule has 0 aromatic carbocycles. The van der Waals surface area contributed by atoms with Gasteiger partial charge in [0.15, 0.2) is 18.4 Å². The second-order valence-electron chi connectivity index (χ2n) is 12.0. The maximum Gasteiger partial charge on any atom is 0.220 e. The highest BCUT2D eigenvalue weighted by molar-refractivity contribution is 5.87. The molecule has 46 heavy (non-hydrogen) atoms. The second-order valence-corrected chi connectivity index (χ2v) is 12.0. The normalized spacial score (nSPS) is 32.1. The summed E-state index contributed by atoms with van der Waals surface area (Å²) in [6, 6.07) is -0.622. The summed E-state index contributed by atoms with van der Waals surface area (Å²) in [5, 5.41) is 73.7. The first-order valence-electron chi connectivity index (χ1n) is 16.1. The van der Waals surface area contributed by atoms with Crippen molar-refractivity contribution in [2.75, 3.05) is 33.0 Å². The number of ether oxygens (including phenoxy) is 4. The summed E-state index contributed by atoms with van der Waals surface area (Å²) >= 11 is 0. The summed E-state index contributed by atoms with van der Waals surface area (Å²) in [5.74, 6) is -1.06. The van der Waals surface area contributed by atoms with Crippen molar-refractivity contribution in [2.45, 2.75) is 133 Å². The van der Waals surface area contributed by atoms with Gasteiger partial charge < -0.3 is 65.3 Å². The lowest BCUT2D eigenvalue weighted by atomic mass is 9.92. The van der Waals surface area contributed by atoms with Gasteiger partial charge in [0, 0.05) is 38.5 Å². The number of carbonyl (C=O) groups is 3. The van der Waals surface area contributed by atoms with Crippen molar-refractivity contribution >= 4 is 17.6 Å². The van der Waals surface area contributed by atoms with Crippen LogP contribution in [-0.4, -0.2) is 148 Å². The average Bonchev–Trinajstić information content (AvgIpc) is 3.03. The summed E-state index contributed by atoms with van der Waals surface area (Å²) < 4.78 is 21.8. The van der Waals surface area contributed by atoms with Gasteiger partial charge in [-0.2, -0.15) is 0 Å². The molecule has 16 heteroatoms. The van der Waals surface area contributed by atoms with Crippen LogP contribution in [0.1, 0.15) is 71.6 Å². The van der Waals surface area contributed by atoms with Gasteiger partial charge in [0.1, 0.15) is 36.6 Å². The van der Waals surface area contributed by atoms with Gasteiger partial charge in [0.25, 0.3) is 0 Å². The molecule has 0 aromatic rings. The fourth-order valence-corrected chi connectivity index (χ4v) is 5.22. The smallest absolute Gasteiger partial charge is 0.220 e. The van der Waals surface area contributed by atoms with Crippen LogP contribution in [0.5, 0.6) is 0 Å². The van der Waals surface area contributed by atoms with Crippen LogP contribution in [-0.2, 0) is 33.3 Å². The molecule has 2 aliphatic rings. The Morgan fingerprint density at radius 3 is 1.83 bits per heavy atom. The first kappa shape index (κ1) is 40.3. The molecule has 0 aromatic heterocycles. The molecule has 2 amide bonds. The van der Waals surface area contributed by atoms with Crippen LogP contribution < -0.4 is 10.6 Å². The van der Waals surface area contributed by atoms with Gasteiger partial charge in [-0.3, -0.25) is 14.4 Å². The lowest BCUT2D eigenvalue weighted by Crippen LogP contribution is -2.59. The molecule has 9 N–H and O–H groups in total. The molecule has 11 atom stereocenters. The monoisotopic (exact) mass is 666 g/mol. The number of hydrogen-bond donors (Lipinski definition) is 9. The third-order valence-electron chi connectivity index (χ3n) is 8.26. The topological polar surface area (TPSA) is 254 Å². The Labute approximate surface area is 269 Å². The third-order valence-corrected chi connectivity index (χ3v) is 8.26. The number of carbonyl (C=O) groups excluding carboxylic acids is 3. The van der Waals surface area contributed by atoms with E-state index >= 15 is 0 Å². The van der Waals surface area contributed by atoms with Crippen molar-refractivity contribution < 1.29 is 69.1 Å². The van der Waals surface area contributed by atoms with E-state index in [1.165, 1.54) is 6.92 Å². The van der Waals surface area contributed by atoms with E-state index in [2.05, 4.69) is 10.6 Å². The predicted octanol–water partition coefficient (Wildman–Crippen LogP) is -2.40. The highest BCUT2D eigenvalue weighted by Gasteiger charge is 2.44. The zero-order valence-corrected chi connectivity index (χ0v) is 26.7. The SMILES string of the molecule is CC(=O)[C@H](CCCCNC(=O)CCCCOC1OC(CO)C(O)C(O)C1O)NC(=O)CCCCOC1OC(CO)C(O)C(O)C1C. The molecule has 2 fully saturated rings. The number of Topliss-reactive ketones (excluding diaryl/α,β-unsaturated/α-hetero) is 1. The zero-order valence-electron chi connectivity index (χ0n) is 26.7. The predicted molar refractivity (Wildman–Crippen MR) is 160 cm³/mol. The molecule has 0 radical (unpaired) electrons. The molecule has 2 saturated heterocycles. The van der Waals surface area contributed by atoms with Crippen LogP contribution in [0, 0.1) is 5.92 Å². The molecule has 0 aliphatic carbocycles. The van der Waals surface area contributed by atoms with E-state index in [9.17, 15) is 50.1 Å². The van der Waals surface area contributed by atoms with Gasteiger partial charge in [-0.15, -0.1) is 0 Å². The van der Waals surface area contributed by atoms with Gasteiger partial charge in [-0.05, 0) is 51.9 Å². The molecular weight excluding hydrogens is 612 g/mol. The van der Waals surface area contributed by atoms with Crippen molar-refractivity contribution in [1.29, 1.82) is 0 Å². The van der Waals surface area contributed by atoms with E-state index in [4.69, 9.17) is 18.9 Å². The van der Waals surface area contributed by atoms with Crippen LogP contribution in [0.2, 0.25) is 0 Å². The Morgan fingerprint density at radius 2 is 1.24 bits per heavy atom. The molecule has 2 rings (SSSR count). The van der Waals surface area contributed by atoms with Crippen molar-refractivity contribution in [3.8, 4) is 0 Å². The van der Waals surface area contributed by atoms with Gasteiger partial charge >= 0.3 is 0 Å². The van der Waals surface area contributed by atoms with Crippen LogP contribution >= 0.6 is 0 Å². The third kappa shape index (κ3) is 13.0. The van der Waals surface area contributed by atoms with Crippen LogP contribution in [0.25, 0.3) is 0 Å². The molecule has 16 nitrogen and oxygen atoms in total. The quantitative estimate of drug-likeness (QED) is 0.0579. The molecule has 2 aliphatic heterocycles. The molecule has 0 spiro atoms. The maximum atomic E-state index is 12.4. The number of aliphatic hydroxyl groups excluding tert-OH is 7. The van der Waals surface area contributed by atoms with Crippen molar-refractivity contribution in [2.24, 2.45) is 5.92 Å². The molecule has 0 bridgehead atoms. The van der Waals surface area contributed by atoms with Crippen LogP contribution in [0.4, 0.5) is 0 Å². The summed E-state index contributed by atoms with van der Waals surface area (Å²) in [6.07, 6.45) is -6.58. The first-order valence-corrected chi connectivity index (χ1v) is 16.1. The molecule has 0 saturated carbocycles. The Hall–Kier alpha value is -1.83. The number of hydrogen-bond acceptors (Lipinski definition) is 14. The maximum absolute atomic E-state index is 12.4. The molecule has 2 heterocycles. The van der Waals surface area contributed by atoms with Crippen LogP contribution in [0.3, 0.4) is 0 Å². The Bertz CT molecular complexity index is 909. The van der Waals surface area contributed by atoms with Crippen molar-refractivity contribution in [3.63, 3.8) is 0 Å². The van der Waals surface area contributed by atoms with Gasteiger partial charge in [-0.1, -0.05) is 6.92 Å². The van der Waals surface area contributed by atoms with Crippen molar-refractivity contribution in [1.82, 2.24) is 10.6 Å². The number of rotatable bonds is 21. The average molecular weight is 667 g/mol. The van der Waals surface area contributed by atoms with E-state index in [1.54, 1.807) is 6.92 Å². The fraction of sp³-hybridized carbons (Fsp3) is 0.900. The minimum atomic E-state index is -1.51. The minimum absolute atomic E-state index is 0.138. The molecule has 268 valence electrons. The number of nitrogens with one attached hydrogen (secondary N) is 2. The molecular formula is C30H54N2O14. The first-order chi connectivity index (χ1) is 21.9. The number of amides is 2. The fourth-order valence-electron chi connectivity index (χ4n) is 5.22. The highest BCUT2D eigenvalue weighted by Crippen LogP contribution is 2.27. The standard InChI is InChI=1S/C30H54N2O14/c1-17-24(38)25(39)20(15-33)45-29(17)43-13-8-5-11-23(37)32-19(18(2)35)9-3-6-12-31-22(36)10-4-7-14-44-30-28(42)27(41)26(40)21(16-34)46-30/h17,19-21,24-30,33-34,38-42H,3-16H2,1-2H3,(H,31,36)(H,32,37)/t17?,19-,20?,21?,24?,25?,26?,27?,28?,29?,30?/m0/s1. The highest BCUT2D eigenvalue weighted by atomic mass is 16.7. The van der Waals surface area contributed by atoms with E-state index in [0.29, 0.717) is 51.5 Å². The zero-order chi connectivity index (χ0) is 34.2. The van der Waals surface area contributed by atoms with Crippen LogP contribution in [0.15, 0.2) is 0 Å². The number of ketones is 1. The Morgan fingerprint density at radius 1 is 0.696 bits per heavy atom. The van der Waals surface area contributed by atoms with E-state index < -0.39 is 80.5 Å². The lowest BCUT2D eigenvalue weighted by Gasteiger charge is -2.40. The largest absolute Gasteiger partial charge is 0.394 e. The van der Waals surface area contributed by atoms with Gasteiger partial charge in [0.2, 0.25) is 11.8 Å². The molecule has 10 unspecified atom stereocenters. The summed E-state index contributed by atoms with van der Waals surface area (Å²) in [5.41, 5.74) is 0. The number of aliphatic hydroxyl groups is 7. The Kier molecular flexibility index (Phi) is 18.6. The second kappa shape index (κ2) is 21.2. The van der Waals surface area contributed by atoms with E-state index in [0.717, 1.165) is 0 Å². The van der Waals surface area contributed by atoms with E-state index in [-0.39, 0.29) is 43.7 Å². The summed E-state index contributed by atoms with van der Waals surface area (Å²) in [6.45, 7) is 2.90.